The fraction of sp³-hybridized carbons (Fsp3) is 0.400. The topological polar surface area (TPSA) is 104 Å². The van der Waals surface area contributed by atoms with Crippen molar-refractivity contribution >= 4 is 11.9 Å². The standard InChI is InChI=1S/C10H15N7O/c1-16-8(3-5-14-16)2-4-12-9(18)6-17-7-13-10(11)15-17/h3,5,7H,2,4,6H2,1H3,(H2,11,15)(H,12,18). The number of hydrogen-bond acceptors (Lipinski definition) is 5. The molecule has 2 aromatic rings. The first-order valence-electron chi connectivity index (χ1n) is 5.53. The van der Waals surface area contributed by atoms with Crippen LogP contribution in [0, 0.1) is 0 Å². The third-order valence-electron chi connectivity index (χ3n) is 2.49. The van der Waals surface area contributed by atoms with Gasteiger partial charge >= 0.3 is 0 Å². The van der Waals surface area contributed by atoms with Crippen molar-refractivity contribution in [1.29, 1.82) is 0 Å². The summed E-state index contributed by atoms with van der Waals surface area (Å²) in [5.41, 5.74) is 6.42. The second kappa shape index (κ2) is 5.30. The van der Waals surface area contributed by atoms with Crippen LogP contribution in [0.5, 0.6) is 0 Å². The summed E-state index contributed by atoms with van der Waals surface area (Å²) in [6.45, 7) is 0.679. The number of anilines is 1. The van der Waals surface area contributed by atoms with Gasteiger partial charge in [-0.1, -0.05) is 0 Å². The summed E-state index contributed by atoms with van der Waals surface area (Å²) >= 11 is 0. The fourth-order valence-corrected chi connectivity index (χ4v) is 1.56. The second-order valence-corrected chi connectivity index (χ2v) is 3.85. The van der Waals surface area contributed by atoms with E-state index in [2.05, 4.69) is 20.5 Å². The van der Waals surface area contributed by atoms with E-state index in [0.29, 0.717) is 6.54 Å². The van der Waals surface area contributed by atoms with Crippen LogP contribution >= 0.6 is 0 Å². The lowest BCUT2D eigenvalue weighted by molar-refractivity contribution is -0.121. The highest BCUT2D eigenvalue weighted by Gasteiger charge is 2.05. The monoisotopic (exact) mass is 249 g/mol. The van der Waals surface area contributed by atoms with Crippen molar-refractivity contribution in [3.63, 3.8) is 0 Å². The molecule has 0 bridgehead atoms. The van der Waals surface area contributed by atoms with Crippen molar-refractivity contribution in [2.24, 2.45) is 7.05 Å². The number of carbonyl (C=O) groups is 1. The molecule has 8 heteroatoms. The Balaban J connectivity index is 1.74. The molecule has 0 aromatic carbocycles. The average Bonchev–Trinajstić information content (AvgIpc) is 2.89. The van der Waals surface area contributed by atoms with E-state index in [1.54, 1.807) is 10.9 Å². The van der Waals surface area contributed by atoms with Gasteiger partial charge in [0.1, 0.15) is 12.9 Å². The number of rotatable bonds is 5. The van der Waals surface area contributed by atoms with Gasteiger partial charge in [-0.2, -0.15) is 5.10 Å². The molecule has 0 atom stereocenters. The van der Waals surface area contributed by atoms with Crippen LogP contribution in [-0.4, -0.2) is 37.0 Å². The average molecular weight is 249 g/mol. The van der Waals surface area contributed by atoms with Gasteiger partial charge in [0, 0.05) is 31.9 Å². The zero-order valence-corrected chi connectivity index (χ0v) is 10.1. The Hall–Kier alpha value is -2.38. The summed E-state index contributed by atoms with van der Waals surface area (Å²) < 4.78 is 3.18. The number of aryl methyl sites for hydroxylation is 1. The van der Waals surface area contributed by atoms with E-state index < -0.39 is 0 Å². The third kappa shape index (κ3) is 3.06. The Morgan fingerprint density at radius 1 is 1.56 bits per heavy atom. The summed E-state index contributed by atoms with van der Waals surface area (Å²) in [4.78, 5) is 15.3. The van der Waals surface area contributed by atoms with Crippen molar-refractivity contribution in [3.8, 4) is 0 Å². The maximum absolute atomic E-state index is 11.6. The van der Waals surface area contributed by atoms with E-state index in [0.717, 1.165) is 12.1 Å². The van der Waals surface area contributed by atoms with E-state index in [1.165, 1.54) is 11.0 Å². The number of nitrogens with two attached hydrogens (primary N) is 1. The first-order chi connectivity index (χ1) is 8.65. The van der Waals surface area contributed by atoms with Gasteiger partial charge in [0.15, 0.2) is 0 Å². The molecule has 0 spiro atoms. The van der Waals surface area contributed by atoms with Gasteiger partial charge in [0.05, 0.1) is 0 Å². The Morgan fingerprint density at radius 2 is 2.39 bits per heavy atom. The molecule has 0 unspecified atom stereocenters. The number of nitrogens with zero attached hydrogens (tertiary/aromatic N) is 5. The molecule has 0 saturated carbocycles. The Morgan fingerprint density at radius 3 is 3.00 bits per heavy atom. The molecule has 18 heavy (non-hydrogen) atoms. The fourth-order valence-electron chi connectivity index (χ4n) is 1.56. The van der Waals surface area contributed by atoms with Gasteiger partial charge in [-0.05, 0) is 6.07 Å². The Labute approximate surface area is 104 Å². The number of amides is 1. The smallest absolute Gasteiger partial charge is 0.241 e. The van der Waals surface area contributed by atoms with Crippen LogP contribution in [0.25, 0.3) is 0 Å². The van der Waals surface area contributed by atoms with E-state index in [-0.39, 0.29) is 18.4 Å². The van der Waals surface area contributed by atoms with E-state index >= 15 is 0 Å². The Bertz CT molecular complexity index is 530. The van der Waals surface area contributed by atoms with Crippen LogP contribution in [0.4, 0.5) is 5.95 Å². The molecule has 0 radical (unpaired) electrons. The molecule has 2 rings (SSSR count). The molecule has 0 aliphatic carbocycles. The minimum absolute atomic E-state index is 0.121. The molecule has 0 saturated heterocycles. The Kier molecular flexibility index (Phi) is 3.56. The summed E-state index contributed by atoms with van der Waals surface area (Å²) in [5.74, 6) is 0.0414. The largest absolute Gasteiger partial charge is 0.367 e. The van der Waals surface area contributed by atoms with Crippen LogP contribution in [0.15, 0.2) is 18.6 Å². The molecule has 8 nitrogen and oxygen atoms in total. The SMILES string of the molecule is Cn1nccc1CCNC(=O)Cn1cnc(N)n1. The maximum atomic E-state index is 11.6. The van der Waals surface area contributed by atoms with Crippen molar-refractivity contribution < 1.29 is 4.79 Å². The highest BCUT2D eigenvalue weighted by molar-refractivity contribution is 5.75. The van der Waals surface area contributed by atoms with Crippen molar-refractivity contribution in [3.05, 3.63) is 24.3 Å². The molecule has 96 valence electrons. The summed E-state index contributed by atoms with van der Waals surface area (Å²) in [7, 11) is 1.87. The van der Waals surface area contributed by atoms with Crippen LogP contribution in [-0.2, 0) is 24.8 Å². The highest BCUT2D eigenvalue weighted by atomic mass is 16.2. The number of hydrogen-bond donors (Lipinski definition) is 2. The maximum Gasteiger partial charge on any atom is 0.241 e. The van der Waals surface area contributed by atoms with Gasteiger partial charge in [0.2, 0.25) is 11.9 Å². The summed E-state index contributed by atoms with van der Waals surface area (Å²) in [6, 6.07) is 1.92. The predicted octanol–water partition coefficient (Wildman–Crippen LogP) is -1.05. The van der Waals surface area contributed by atoms with Gasteiger partial charge in [-0.3, -0.25) is 9.48 Å². The first kappa shape index (κ1) is 12.1. The first-order valence-corrected chi connectivity index (χ1v) is 5.53. The normalized spacial score (nSPS) is 10.5. The van der Waals surface area contributed by atoms with E-state index in [9.17, 15) is 4.79 Å². The molecule has 0 aliphatic rings. The number of nitrogens with one attached hydrogen (secondary N) is 1. The van der Waals surface area contributed by atoms with Crippen LogP contribution < -0.4 is 11.1 Å². The molecular weight excluding hydrogens is 234 g/mol. The van der Waals surface area contributed by atoms with Gasteiger partial charge in [-0.25, -0.2) is 9.67 Å². The second-order valence-electron chi connectivity index (χ2n) is 3.85. The molecule has 0 aliphatic heterocycles. The number of aromatic nitrogens is 5. The third-order valence-corrected chi connectivity index (χ3v) is 2.49. The molecule has 2 aromatic heterocycles. The van der Waals surface area contributed by atoms with Gasteiger partial charge < -0.3 is 11.1 Å². The number of nitrogen functional groups attached to an aromatic ring is 1. The van der Waals surface area contributed by atoms with Crippen molar-refractivity contribution in [1.82, 2.24) is 29.9 Å². The lowest BCUT2D eigenvalue weighted by Gasteiger charge is -2.05. The lowest BCUT2D eigenvalue weighted by atomic mass is 10.3. The lowest BCUT2D eigenvalue weighted by Crippen LogP contribution is -2.29. The molecular formula is C10H15N7O. The molecule has 2 heterocycles. The molecule has 0 fully saturated rings. The molecule has 3 N–H and O–H groups in total. The number of carbonyl (C=O) groups excluding carboxylic acids is 1. The summed E-state index contributed by atoms with van der Waals surface area (Å²) in [5, 5.41) is 10.7. The van der Waals surface area contributed by atoms with Crippen LogP contribution in [0.2, 0.25) is 0 Å². The van der Waals surface area contributed by atoms with Crippen molar-refractivity contribution in [2.45, 2.75) is 13.0 Å². The van der Waals surface area contributed by atoms with Crippen molar-refractivity contribution in [2.75, 3.05) is 12.3 Å². The van der Waals surface area contributed by atoms with E-state index in [1.807, 2.05) is 13.1 Å². The predicted molar refractivity (Wildman–Crippen MR) is 64.4 cm³/mol. The zero-order valence-electron chi connectivity index (χ0n) is 10.1. The van der Waals surface area contributed by atoms with Crippen LogP contribution in [0.3, 0.4) is 0 Å². The van der Waals surface area contributed by atoms with E-state index in [4.69, 9.17) is 5.73 Å². The van der Waals surface area contributed by atoms with Gasteiger partial charge in [-0.15, -0.1) is 5.10 Å². The van der Waals surface area contributed by atoms with Crippen LogP contribution in [0.1, 0.15) is 5.69 Å². The zero-order chi connectivity index (χ0) is 13.0. The van der Waals surface area contributed by atoms with Gasteiger partial charge in [0.25, 0.3) is 0 Å². The quantitative estimate of drug-likeness (QED) is 0.704. The minimum atomic E-state index is -0.123. The summed E-state index contributed by atoms with van der Waals surface area (Å²) in [6.07, 6.45) is 3.90. The highest BCUT2D eigenvalue weighted by Crippen LogP contribution is 1.96. The molecule has 1 amide bonds. The minimum Gasteiger partial charge on any atom is -0.367 e.